The maximum absolute atomic E-state index is 2.25. The van der Waals surface area contributed by atoms with E-state index in [1.165, 1.54) is 50.9 Å². The van der Waals surface area contributed by atoms with E-state index in [1.807, 2.05) is 0 Å². The van der Waals surface area contributed by atoms with Gasteiger partial charge in [0.05, 0.1) is 0 Å². The molecule has 0 aliphatic carbocycles. The molecule has 7 heavy (non-hydrogen) atoms. The van der Waals surface area contributed by atoms with Gasteiger partial charge < -0.3 is 5.48 Å². The van der Waals surface area contributed by atoms with Gasteiger partial charge >= 0.3 is 57.8 Å². The SMILES string of the molecule is CCCC[CH2][Na].O. The molecule has 40 valence electrons. The number of hydrogen-bond acceptors (Lipinski definition) is 0. The second-order valence-corrected chi connectivity index (χ2v) is 2.71. The summed E-state index contributed by atoms with van der Waals surface area (Å²) in [5, 5.41) is 0. The first kappa shape index (κ1) is 10.9. The Hall–Kier alpha value is 0.960. The van der Waals surface area contributed by atoms with Crippen molar-refractivity contribution in [1.29, 1.82) is 0 Å². The van der Waals surface area contributed by atoms with E-state index in [1.54, 1.807) is 0 Å². The monoisotopic (exact) mass is 112 g/mol. The molecule has 1 nitrogen and oxygen atoms in total. The molecule has 0 aromatic rings. The Kier molecular flexibility index (Phi) is 15.6. The van der Waals surface area contributed by atoms with Crippen LogP contribution >= 0.6 is 0 Å². The summed E-state index contributed by atoms with van der Waals surface area (Å²) in [6.07, 6.45) is 4.30. The summed E-state index contributed by atoms with van der Waals surface area (Å²) < 4.78 is 1.49. The molecule has 0 bridgehead atoms. The molecule has 0 unspecified atom stereocenters. The van der Waals surface area contributed by atoms with Gasteiger partial charge in [-0.05, 0) is 0 Å². The van der Waals surface area contributed by atoms with Crippen LogP contribution in [0.2, 0.25) is 3.67 Å². The summed E-state index contributed by atoms with van der Waals surface area (Å²) in [7, 11) is 0. The molecule has 0 saturated carbocycles. The van der Waals surface area contributed by atoms with Crippen molar-refractivity contribution in [2.75, 3.05) is 0 Å². The van der Waals surface area contributed by atoms with E-state index >= 15 is 0 Å². The van der Waals surface area contributed by atoms with Crippen LogP contribution in [0.5, 0.6) is 0 Å². The van der Waals surface area contributed by atoms with Gasteiger partial charge in [0.1, 0.15) is 0 Å². The van der Waals surface area contributed by atoms with Crippen molar-refractivity contribution in [2.24, 2.45) is 0 Å². The van der Waals surface area contributed by atoms with E-state index in [4.69, 9.17) is 0 Å². The van der Waals surface area contributed by atoms with Gasteiger partial charge in [-0.3, -0.25) is 0 Å². The molecule has 0 saturated heterocycles. The first-order valence-corrected chi connectivity index (χ1v) is 4.33. The van der Waals surface area contributed by atoms with Crippen molar-refractivity contribution in [3.8, 4) is 0 Å². The standard InChI is InChI=1S/C5H11.Na.H2O/c1-3-5-4-2;;/h1,3-5H2,2H3;;1H2. The molecular weight excluding hydrogens is 99.0 g/mol. The van der Waals surface area contributed by atoms with E-state index < -0.39 is 0 Å². The minimum Gasteiger partial charge on any atom is -0.412 e. The maximum Gasteiger partial charge on any atom is -0.412 e. The van der Waals surface area contributed by atoms with Crippen LogP contribution in [0.25, 0.3) is 0 Å². The van der Waals surface area contributed by atoms with Gasteiger partial charge in [0.2, 0.25) is 0 Å². The third-order valence-corrected chi connectivity index (χ3v) is 1.66. The number of rotatable bonds is 3. The van der Waals surface area contributed by atoms with Gasteiger partial charge in [0.25, 0.3) is 0 Å². The summed E-state index contributed by atoms with van der Waals surface area (Å²) >= 11 is 1.40. The summed E-state index contributed by atoms with van der Waals surface area (Å²) in [5.41, 5.74) is 0. The number of unbranched alkanes of at least 4 members (excludes halogenated alkanes) is 2. The Bertz CT molecular complexity index is 20.0. The third kappa shape index (κ3) is 10.9. The van der Waals surface area contributed by atoms with Crippen LogP contribution in [-0.4, -0.2) is 33.4 Å². The molecule has 0 aliphatic rings. The fraction of sp³-hybridized carbons (Fsp3) is 1.00. The van der Waals surface area contributed by atoms with E-state index in [0.29, 0.717) is 0 Å². The van der Waals surface area contributed by atoms with Crippen molar-refractivity contribution >= 4 is 27.9 Å². The molecule has 0 aromatic heterocycles. The molecule has 0 spiro atoms. The maximum atomic E-state index is 2.25. The van der Waals surface area contributed by atoms with Crippen LogP contribution in [0.1, 0.15) is 26.2 Å². The van der Waals surface area contributed by atoms with Crippen LogP contribution in [0.4, 0.5) is 0 Å². The van der Waals surface area contributed by atoms with Crippen molar-refractivity contribution in [2.45, 2.75) is 29.9 Å². The molecule has 0 aromatic carbocycles. The van der Waals surface area contributed by atoms with Crippen molar-refractivity contribution in [3.05, 3.63) is 0 Å². The molecule has 2 heteroatoms. The normalized spacial score (nSPS) is 7.86. The Morgan fingerprint density at radius 2 is 1.86 bits per heavy atom. The fourth-order valence-corrected chi connectivity index (χ4v) is 1.000. The zero-order valence-corrected chi connectivity index (χ0v) is 7.33. The predicted molar refractivity (Wildman–Crippen MR) is 33.7 cm³/mol. The average molecular weight is 112 g/mol. The smallest absolute Gasteiger partial charge is 0.412 e. The van der Waals surface area contributed by atoms with Gasteiger partial charge in [-0.25, -0.2) is 0 Å². The Morgan fingerprint density at radius 3 is 2.00 bits per heavy atom. The summed E-state index contributed by atoms with van der Waals surface area (Å²) in [6, 6.07) is 0. The molecule has 0 rings (SSSR count). The van der Waals surface area contributed by atoms with Crippen molar-refractivity contribution in [3.63, 3.8) is 0 Å². The Balaban J connectivity index is 0. The summed E-state index contributed by atoms with van der Waals surface area (Å²) in [4.78, 5) is 0. The van der Waals surface area contributed by atoms with Crippen LogP contribution < -0.4 is 0 Å². The molecule has 0 amide bonds. The fourth-order valence-electron chi connectivity index (χ4n) is 0.500. The van der Waals surface area contributed by atoms with Crippen LogP contribution in [0.15, 0.2) is 0 Å². The van der Waals surface area contributed by atoms with Crippen LogP contribution in [0.3, 0.4) is 0 Å². The molecule has 0 radical (unpaired) electrons. The molecule has 0 heterocycles. The van der Waals surface area contributed by atoms with Gasteiger partial charge in [0.15, 0.2) is 0 Å². The predicted octanol–water partition coefficient (Wildman–Crippen LogP) is 0.939. The van der Waals surface area contributed by atoms with Gasteiger partial charge in [-0.1, -0.05) is 0 Å². The Labute approximate surface area is 63.2 Å². The van der Waals surface area contributed by atoms with Gasteiger partial charge in [-0.2, -0.15) is 0 Å². The van der Waals surface area contributed by atoms with Crippen molar-refractivity contribution < 1.29 is 5.48 Å². The zero-order chi connectivity index (χ0) is 4.83. The Morgan fingerprint density at radius 1 is 1.29 bits per heavy atom. The molecule has 0 aliphatic heterocycles. The third-order valence-electron chi connectivity index (χ3n) is 0.957. The molecule has 0 atom stereocenters. The summed E-state index contributed by atoms with van der Waals surface area (Å²) in [5.74, 6) is 0. The minimum absolute atomic E-state index is 0. The van der Waals surface area contributed by atoms with Crippen LogP contribution in [-0.2, 0) is 0 Å². The van der Waals surface area contributed by atoms with E-state index in [2.05, 4.69) is 6.92 Å². The summed E-state index contributed by atoms with van der Waals surface area (Å²) in [6.45, 7) is 2.25. The van der Waals surface area contributed by atoms with Gasteiger partial charge in [0, 0.05) is 0 Å². The quantitative estimate of drug-likeness (QED) is 0.384. The molecular formula is C5H13NaO. The van der Waals surface area contributed by atoms with E-state index in [9.17, 15) is 0 Å². The second-order valence-electron chi connectivity index (χ2n) is 1.71. The van der Waals surface area contributed by atoms with Crippen molar-refractivity contribution in [1.82, 2.24) is 0 Å². The second kappa shape index (κ2) is 10.0. The topological polar surface area (TPSA) is 31.5 Å². The number of hydrogen-bond donors (Lipinski definition) is 0. The molecule has 0 fully saturated rings. The first-order chi connectivity index (χ1) is 2.91. The van der Waals surface area contributed by atoms with Gasteiger partial charge in [-0.15, -0.1) is 0 Å². The van der Waals surface area contributed by atoms with E-state index in [-0.39, 0.29) is 5.48 Å². The first-order valence-electron chi connectivity index (χ1n) is 2.91. The van der Waals surface area contributed by atoms with Crippen LogP contribution in [0, 0.1) is 0 Å². The zero-order valence-electron chi connectivity index (χ0n) is 5.33. The largest absolute Gasteiger partial charge is 0.412 e. The average Bonchev–Trinajstić information content (AvgIpc) is 1.61. The molecule has 2 N–H and O–H groups in total. The van der Waals surface area contributed by atoms with E-state index in [0.717, 1.165) is 0 Å². The minimum atomic E-state index is 0.